The van der Waals surface area contributed by atoms with Crippen molar-refractivity contribution in [3.63, 3.8) is 0 Å². The van der Waals surface area contributed by atoms with Crippen molar-refractivity contribution in [2.75, 3.05) is 37.0 Å². The molecule has 4 rings (SSSR count). The van der Waals surface area contributed by atoms with Crippen molar-refractivity contribution in [2.45, 2.75) is 37.5 Å². The van der Waals surface area contributed by atoms with Gasteiger partial charge in [0.25, 0.3) is 0 Å². The van der Waals surface area contributed by atoms with Crippen molar-refractivity contribution >= 4 is 17.7 Å². The van der Waals surface area contributed by atoms with E-state index in [9.17, 15) is 0 Å². The highest BCUT2D eigenvalue weighted by atomic mass is 32.2. The summed E-state index contributed by atoms with van der Waals surface area (Å²) < 4.78 is 9.76. The van der Waals surface area contributed by atoms with E-state index < -0.39 is 0 Å². The number of thioether (sulfide) groups is 1. The normalized spacial score (nSPS) is 14.4. The van der Waals surface area contributed by atoms with Crippen LogP contribution in [0.1, 0.15) is 24.8 Å². The predicted octanol–water partition coefficient (Wildman–Crippen LogP) is 3.32. The van der Waals surface area contributed by atoms with Gasteiger partial charge in [-0.05, 0) is 24.5 Å². The summed E-state index contributed by atoms with van der Waals surface area (Å²) >= 11 is 1.81. The molecule has 7 nitrogen and oxygen atoms in total. The second-order valence-corrected chi connectivity index (χ2v) is 8.19. The zero-order valence-electron chi connectivity index (χ0n) is 16.7. The molecule has 1 fully saturated rings. The first kappa shape index (κ1) is 20.0. The average Bonchev–Trinajstić information content (AvgIpc) is 3.42. The molecule has 0 bridgehead atoms. The third-order valence-corrected chi connectivity index (χ3v) is 6.05. The van der Waals surface area contributed by atoms with Gasteiger partial charge in [0.2, 0.25) is 5.95 Å². The van der Waals surface area contributed by atoms with Crippen LogP contribution >= 0.6 is 11.8 Å². The number of anilines is 1. The molecule has 0 unspecified atom stereocenters. The summed E-state index contributed by atoms with van der Waals surface area (Å²) in [4.78, 5) is 2.29. The minimum absolute atomic E-state index is 0.747. The van der Waals surface area contributed by atoms with Crippen LogP contribution in [0.25, 0.3) is 0 Å². The van der Waals surface area contributed by atoms with Gasteiger partial charge in [-0.15, -0.1) is 10.2 Å². The first-order chi connectivity index (χ1) is 14.4. The maximum Gasteiger partial charge on any atom is 0.228 e. The van der Waals surface area contributed by atoms with Gasteiger partial charge in [-0.1, -0.05) is 48.5 Å². The summed E-state index contributed by atoms with van der Waals surface area (Å²) in [7, 11) is 0. The molecule has 0 aliphatic carbocycles. The molecular formula is C21H28N6OS. The number of hydrogen-bond acceptors (Lipinski definition) is 6. The minimum atomic E-state index is 0.747. The monoisotopic (exact) mass is 412 g/mol. The van der Waals surface area contributed by atoms with Gasteiger partial charge in [0, 0.05) is 37.8 Å². The summed E-state index contributed by atoms with van der Waals surface area (Å²) in [5.41, 5.74) is 1.27. The fourth-order valence-electron chi connectivity index (χ4n) is 3.44. The Morgan fingerprint density at radius 3 is 2.62 bits per heavy atom. The molecule has 1 aromatic carbocycles. The Labute approximate surface area is 176 Å². The van der Waals surface area contributed by atoms with Crippen molar-refractivity contribution in [1.82, 2.24) is 24.5 Å². The van der Waals surface area contributed by atoms with Gasteiger partial charge in [-0.2, -0.15) is 5.10 Å². The molecule has 154 valence electrons. The highest BCUT2D eigenvalue weighted by molar-refractivity contribution is 7.99. The topological polar surface area (TPSA) is 61.0 Å². The molecule has 0 atom stereocenters. The number of nitrogens with zero attached hydrogens (tertiary/aromatic N) is 6. The molecule has 2 aromatic heterocycles. The summed E-state index contributed by atoms with van der Waals surface area (Å²) in [6, 6.07) is 12.5. The average molecular weight is 413 g/mol. The lowest BCUT2D eigenvalue weighted by molar-refractivity contribution is 0.121. The fraction of sp³-hybridized carbons (Fsp3) is 0.476. The molecule has 0 radical (unpaired) electrons. The molecule has 3 heterocycles. The van der Waals surface area contributed by atoms with Crippen LogP contribution in [0, 0.1) is 0 Å². The fourth-order valence-corrected chi connectivity index (χ4v) is 4.37. The number of aromatic nitrogens is 5. The molecule has 29 heavy (non-hydrogen) atoms. The van der Waals surface area contributed by atoms with E-state index >= 15 is 0 Å². The van der Waals surface area contributed by atoms with Gasteiger partial charge in [0.1, 0.15) is 0 Å². The van der Waals surface area contributed by atoms with Crippen LogP contribution in [0.2, 0.25) is 0 Å². The number of benzene rings is 1. The van der Waals surface area contributed by atoms with E-state index in [1.165, 1.54) is 12.0 Å². The number of hydrogen-bond donors (Lipinski definition) is 0. The number of rotatable bonds is 10. The Bertz CT molecular complexity index is 845. The third kappa shape index (κ3) is 5.61. The largest absolute Gasteiger partial charge is 0.378 e. The Balaban J connectivity index is 1.35. The van der Waals surface area contributed by atoms with Crippen molar-refractivity contribution in [1.29, 1.82) is 0 Å². The summed E-state index contributed by atoms with van der Waals surface area (Å²) in [6.45, 7) is 5.01. The maximum absolute atomic E-state index is 5.50. The maximum atomic E-state index is 5.50. The molecule has 3 aromatic rings. The number of aryl methyl sites for hydroxylation is 1. The van der Waals surface area contributed by atoms with Crippen molar-refractivity contribution < 1.29 is 4.74 Å². The third-order valence-electron chi connectivity index (χ3n) is 5.00. The predicted molar refractivity (Wildman–Crippen MR) is 115 cm³/mol. The number of unbranched alkanes of at least 4 members (excludes halogenated alkanes) is 2. The second kappa shape index (κ2) is 10.5. The van der Waals surface area contributed by atoms with Gasteiger partial charge in [-0.25, -0.2) is 0 Å². The van der Waals surface area contributed by atoms with Crippen LogP contribution in [-0.2, 0) is 17.8 Å². The Kier molecular flexibility index (Phi) is 7.20. The quantitative estimate of drug-likeness (QED) is 0.376. The second-order valence-electron chi connectivity index (χ2n) is 7.13. The molecule has 0 N–H and O–H groups in total. The van der Waals surface area contributed by atoms with Gasteiger partial charge >= 0.3 is 0 Å². The van der Waals surface area contributed by atoms with Crippen LogP contribution in [-0.4, -0.2) is 56.6 Å². The lowest BCUT2D eigenvalue weighted by Crippen LogP contribution is -2.38. The molecule has 0 saturated carbocycles. The van der Waals surface area contributed by atoms with Crippen molar-refractivity contribution in [3.8, 4) is 0 Å². The zero-order chi connectivity index (χ0) is 19.7. The SMILES string of the molecule is c1ccc(Cn2c(SCCCCCn3cccn3)nnc2N2CCOCC2)cc1. The molecule has 0 amide bonds. The minimum Gasteiger partial charge on any atom is -0.378 e. The smallest absolute Gasteiger partial charge is 0.228 e. The van der Waals surface area contributed by atoms with E-state index in [0.29, 0.717) is 0 Å². The van der Waals surface area contributed by atoms with E-state index in [-0.39, 0.29) is 0 Å². The highest BCUT2D eigenvalue weighted by Crippen LogP contribution is 2.25. The number of ether oxygens (including phenoxy) is 1. The van der Waals surface area contributed by atoms with Crippen molar-refractivity contribution in [3.05, 3.63) is 54.4 Å². The van der Waals surface area contributed by atoms with Crippen LogP contribution < -0.4 is 4.90 Å². The lowest BCUT2D eigenvalue weighted by atomic mass is 10.2. The summed E-state index contributed by atoms with van der Waals surface area (Å²) in [5.74, 6) is 2.01. The summed E-state index contributed by atoms with van der Waals surface area (Å²) in [5, 5.41) is 14.3. The van der Waals surface area contributed by atoms with Gasteiger partial charge < -0.3 is 9.64 Å². The first-order valence-corrected chi connectivity index (χ1v) is 11.3. The molecule has 1 aliphatic heterocycles. The molecule has 0 spiro atoms. The highest BCUT2D eigenvalue weighted by Gasteiger charge is 2.20. The Morgan fingerprint density at radius 1 is 0.966 bits per heavy atom. The van der Waals surface area contributed by atoms with Crippen LogP contribution in [0.4, 0.5) is 5.95 Å². The standard InChI is InChI=1S/C21H28N6OS/c1-3-8-19(9-4-1)18-27-20(25-13-15-28-16-14-25)23-24-21(27)29-17-6-2-5-11-26-12-7-10-22-26/h1,3-4,7-10,12H,2,5-6,11,13-18H2. The van der Waals surface area contributed by atoms with Gasteiger partial charge in [0.05, 0.1) is 19.8 Å². The van der Waals surface area contributed by atoms with Crippen LogP contribution in [0.5, 0.6) is 0 Å². The molecule has 8 heteroatoms. The van der Waals surface area contributed by atoms with E-state index in [1.807, 2.05) is 34.9 Å². The first-order valence-electron chi connectivity index (χ1n) is 10.3. The molecular weight excluding hydrogens is 384 g/mol. The van der Waals surface area contributed by atoms with E-state index in [1.54, 1.807) is 0 Å². The Morgan fingerprint density at radius 2 is 1.83 bits per heavy atom. The summed E-state index contributed by atoms with van der Waals surface area (Å²) in [6.07, 6.45) is 7.36. The molecule has 1 saturated heterocycles. The van der Waals surface area contributed by atoms with Gasteiger partial charge in [0.15, 0.2) is 5.16 Å². The zero-order valence-corrected chi connectivity index (χ0v) is 17.5. The van der Waals surface area contributed by atoms with E-state index in [4.69, 9.17) is 4.74 Å². The van der Waals surface area contributed by atoms with Gasteiger partial charge in [-0.3, -0.25) is 9.25 Å². The molecule has 1 aliphatic rings. The van der Waals surface area contributed by atoms with Crippen molar-refractivity contribution in [2.24, 2.45) is 0 Å². The van der Waals surface area contributed by atoms with E-state index in [0.717, 1.165) is 69.1 Å². The van der Waals surface area contributed by atoms with E-state index in [2.05, 4.69) is 55.1 Å². The van der Waals surface area contributed by atoms with Crippen LogP contribution in [0.3, 0.4) is 0 Å². The lowest BCUT2D eigenvalue weighted by Gasteiger charge is -2.28. The Hall–Kier alpha value is -2.32. The van der Waals surface area contributed by atoms with Crippen LogP contribution in [0.15, 0.2) is 53.9 Å². The number of morpholine rings is 1.